The van der Waals surface area contributed by atoms with Crippen LogP contribution in [0.2, 0.25) is 0 Å². The molecule has 0 bridgehead atoms. The van der Waals surface area contributed by atoms with Gasteiger partial charge in [-0.25, -0.2) is 9.67 Å². The summed E-state index contributed by atoms with van der Waals surface area (Å²) < 4.78 is 15.2. The molecule has 0 saturated carbocycles. The van der Waals surface area contributed by atoms with Crippen LogP contribution in [0.4, 0.5) is 10.1 Å². The Kier molecular flexibility index (Phi) is 3.32. The monoisotopic (exact) mass is 398 g/mol. The summed E-state index contributed by atoms with van der Waals surface area (Å²) in [6.07, 6.45) is 1.34. The Morgan fingerprint density at radius 3 is 2.71 bits per heavy atom. The third kappa shape index (κ3) is 2.24. The van der Waals surface area contributed by atoms with Gasteiger partial charge in [-0.2, -0.15) is 9.49 Å². The summed E-state index contributed by atoms with van der Waals surface area (Å²) in [6, 6.07) is 5.89. The maximum absolute atomic E-state index is 12.9. The highest BCUT2D eigenvalue weighted by molar-refractivity contribution is 14.1. The van der Waals surface area contributed by atoms with Gasteiger partial charge in [-0.3, -0.25) is 10.1 Å². The highest BCUT2D eigenvalue weighted by Crippen LogP contribution is 2.31. The first-order valence-corrected chi connectivity index (χ1v) is 7.01. The van der Waals surface area contributed by atoms with Gasteiger partial charge in [0.2, 0.25) is 5.95 Å². The Hall–Kier alpha value is -2.10. The van der Waals surface area contributed by atoms with Crippen molar-refractivity contribution in [3.63, 3.8) is 0 Å². The molecule has 0 radical (unpaired) electrons. The van der Waals surface area contributed by atoms with Crippen molar-refractivity contribution in [2.24, 2.45) is 0 Å². The number of halogens is 2. The topological polar surface area (TPSA) is 73.8 Å². The fraction of sp³-hybridized carbons (Fsp3) is 0.0769. The van der Waals surface area contributed by atoms with E-state index in [1.54, 1.807) is 17.7 Å². The minimum atomic E-state index is -0.590. The maximum atomic E-state index is 12.9. The molecule has 1 aromatic carbocycles. The van der Waals surface area contributed by atoms with Crippen molar-refractivity contribution >= 4 is 39.2 Å². The lowest BCUT2D eigenvalue weighted by Crippen LogP contribution is -2.00. The van der Waals surface area contributed by atoms with E-state index in [4.69, 9.17) is 0 Å². The van der Waals surface area contributed by atoms with Crippen molar-refractivity contribution in [1.82, 2.24) is 14.8 Å². The van der Waals surface area contributed by atoms with Crippen molar-refractivity contribution < 1.29 is 9.31 Å². The summed E-state index contributed by atoms with van der Waals surface area (Å²) in [4.78, 5) is 14.2. The van der Waals surface area contributed by atoms with Crippen LogP contribution in [-0.2, 0) is 0 Å². The van der Waals surface area contributed by atoms with Gasteiger partial charge in [-0.1, -0.05) is 0 Å². The van der Waals surface area contributed by atoms with Crippen molar-refractivity contribution in [3.8, 4) is 5.69 Å². The Labute approximate surface area is 131 Å². The molecule has 3 rings (SSSR count). The predicted octanol–water partition coefficient (Wildman–Crippen LogP) is 3.38. The van der Waals surface area contributed by atoms with Crippen LogP contribution in [0.25, 0.3) is 16.6 Å². The lowest BCUT2D eigenvalue weighted by molar-refractivity contribution is -0.385. The van der Waals surface area contributed by atoms with E-state index in [-0.39, 0.29) is 5.69 Å². The fourth-order valence-corrected chi connectivity index (χ4v) is 2.85. The lowest BCUT2D eigenvalue weighted by atomic mass is 10.1. The number of hydrogen-bond acceptors (Lipinski definition) is 4. The minimum absolute atomic E-state index is 0.0233. The van der Waals surface area contributed by atoms with E-state index in [2.05, 4.69) is 32.7 Å². The van der Waals surface area contributed by atoms with Gasteiger partial charge in [-0.15, -0.1) is 0 Å². The van der Waals surface area contributed by atoms with E-state index >= 15 is 0 Å². The molecular formula is C13H8FIN4O2. The van der Waals surface area contributed by atoms with Gasteiger partial charge in [0.05, 0.1) is 27.9 Å². The zero-order chi connectivity index (χ0) is 15.1. The normalized spacial score (nSPS) is 11.0. The van der Waals surface area contributed by atoms with Crippen LogP contribution in [0.1, 0.15) is 5.56 Å². The van der Waals surface area contributed by atoms with Gasteiger partial charge in [-0.05, 0) is 47.7 Å². The Balaban J connectivity index is 2.35. The molecule has 0 aliphatic carbocycles. The van der Waals surface area contributed by atoms with Crippen LogP contribution in [-0.4, -0.2) is 19.7 Å². The number of benzene rings is 1. The summed E-state index contributed by atoms with van der Waals surface area (Å²) in [5, 5.41) is 16.3. The number of nitro groups is 1. The Morgan fingerprint density at radius 2 is 2.10 bits per heavy atom. The van der Waals surface area contributed by atoms with Crippen molar-refractivity contribution in [1.29, 1.82) is 0 Å². The zero-order valence-electron chi connectivity index (χ0n) is 10.7. The lowest BCUT2D eigenvalue weighted by Gasteiger charge is -2.05. The molecule has 21 heavy (non-hydrogen) atoms. The number of aryl methyl sites for hydroxylation is 1. The summed E-state index contributed by atoms with van der Waals surface area (Å²) >= 11 is 2.06. The van der Waals surface area contributed by atoms with Crippen molar-refractivity contribution in [2.75, 3.05) is 0 Å². The van der Waals surface area contributed by atoms with E-state index < -0.39 is 10.9 Å². The zero-order valence-corrected chi connectivity index (χ0v) is 12.9. The number of hydrogen-bond donors (Lipinski definition) is 0. The molecule has 2 aromatic heterocycles. The van der Waals surface area contributed by atoms with Crippen LogP contribution >= 0.6 is 22.6 Å². The number of pyridine rings is 1. The fourth-order valence-electron chi connectivity index (χ4n) is 2.20. The Bertz CT molecular complexity index is 861. The van der Waals surface area contributed by atoms with Gasteiger partial charge in [0.25, 0.3) is 5.69 Å². The molecular weight excluding hydrogens is 390 g/mol. The third-order valence-corrected chi connectivity index (χ3v) is 3.97. The molecule has 0 unspecified atom stereocenters. The van der Waals surface area contributed by atoms with Gasteiger partial charge >= 0.3 is 0 Å². The van der Waals surface area contributed by atoms with Crippen LogP contribution in [0.5, 0.6) is 0 Å². The maximum Gasteiger partial charge on any atom is 0.274 e. The highest BCUT2D eigenvalue weighted by atomic mass is 127. The first-order chi connectivity index (χ1) is 9.99. The van der Waals surface area contributed by atoms with Crippen LogP contribution in [0.3, 0.4) is 0 Å². The molecule has 3 aromatic rings. The first-order valence-electron chi connectivity index (χ1n) is 5.93. The average Bonchev–Trinajstić information content (AvgIpc) is 2.78. The molecule has 8 heteroatoms. The van der Waals surface area contributed by atoms with Crippen molar-refractivity contribution in [2.45, 2.75) is 6.92 Å². The summed E-state index contributed by atoms with van der Waals surface area (Å²) in [5.41, 5.74) is 1.71. The molecule has 2 heterocycles. The molecule has 0 aliphatic heterocycles. The molecule has 0 N–H and O–H groups in total. The summed E-state index contributed by atoms with van der Waals surface area (Å²) in [5.74, 6) is -0.590. The number of nitro benzene ring substituents is 1. The predicted molar refractivity (Wildman–Crippen MR) is 82.9 cm³/mol. The van der Waals surface area contributed by atoms with E-state index in [1.165, 1.54) is 24.4 Å². The van der Waals surface area contributed by atoms with Crippen molar-refractivity contribution in [3.05, 3.63) is 55.8 Å². The van der Waals surface area contributed by atoms with E-state index in [9.17, 15) is 14.5 Å². The Morgan fingerprint density at radius 1 is 1.33 bits per heavy atom. The largest absolute Gasteiger partial charge is 0.274 e. The second-order valence-corrected chi connectivity index (χ2v) is 5.43. The van der Waals surface area contributed by atoms with Crippen LogP contribution in [0, 0.1) is 26.7 Å². The van der Waals surface area contributed by atoms with Gasteiger partial charge in [0.15, 0.2) is 0 Å². The van der Waals surface area contributed by atoms with E-state index in [0.717, 1.165) is 5.39 Å². The second kappa shape index (κ2) is 5.02. The summed E-state index contributed by atoms with van der Waals surface area (Å²) in [7, 11) is 0. The molecule has 6 nitrogen and oxygen atoms in total. The molecule has 0 atom stereocenters. The highest BCUT2D eigenvalue weighted by Gasteiger charge is 2.19. The quantitative estimate of drug-likeness (QED) is 0.287. The van der Waals surface area contributed by atoms with E-state index in [0.29, 0.717) is 20.5 Å². The minimum Gasteiger partial charge on any atom is -0.258 e. The number of nitrogens with zero attached hydrogens (tertiary/aromatic N) is 4. The summed E-state index contributed by atoms with van der Waals surface area (Å²) in [6.45, 7) is 1.67. The molecule has 106 valence electrons. The average molecular weight is 398 g/mol. The first kappa shape index (κ1) is 13.9. The third-order valence-electron chi connectivity index (χ3n) is 3.18. The van der Waals surface area contributed by atoms with E-state index in [1.807, 2.05) is 0 Å². The molecule has 0 spiro atoms. The van der Waals surface area contributed by atoms with Gasteiger partial charge in [0.1, 0.15) is 3.70 Å². The van der Waals surface area contributed by atoms with Crippen LogP contribution < -0.4 is 0 Å². The molecule has 0 amide bonds. The standard InChI is InChI=1S/C13H8FIN4O2/c1-7-10(19(20)21)4-3-9-12(7)18(17-13(9)15)8-2-5-11(14)16-6-8/h2-6H,1H3. The SMILES string of the molecule is Cc1c([N+](=O)[O-])ccc2c(I)nn(-c3ccc(F)nc3)c12. The van der Waals surface area contributed by atoms with Gasteiger partial charge < -0.3 is 0 Å². The molecule has 0 aliphatic rings. The molecule has 0 saturated heterocycles. The van der Waals surface area contributed by atoms with Crippen LogP contribution in [0.15, 0.2) is 30.5 Å². The number of rotatable bonds is 2. The number of fused-ring (bicyclic) bond motifs is 1. The smallest absolute Gasteiger partial charge is 0.258 e. The second-order valence-electron chi connectivity index (χ2n) is 4.40. The number of aromatic nitrogens is 3. The van der Waals surface area contributed by atoms with Gasteiger partial charge in [0, 0.05) is 11.5 Å². The molecule has 0 fully saturated rings.